The van der Waals surface area contributed by atoms with Crippen LogP contribution in [0.25, 0.3) is 6.08 Å². The number of nitrogens with one attached hydrogen (secondary N) is 2. The van der Waals surface area contributed by atoms with E-state index in [1.165, 1.54) is 49.6 Å². The smallest absolute Gasteiger partial charge is 0.266 e. The van der Waals surface area contributed by atoms with E-state index in [0.29, 0.717) is 16.9 Å². The van der Waals surface area contributed by atoms with E-state index < -0.39 is 5.91 Å². The summed E-state index contributed by atoms with van der Waals surface area (Å²) in [6.45, 7) is 3.51. The lowest BCUT2D eigenvalue weighted by molar-refractivity contribution is -0.118. The van der Waals surface area contributed by atoms with Crippen LogP contribution in [0, 0.1) is 25.2 Å². The number of halogens is 1. The Morgan fingerprint density at radius 2 is 1.81 bits per heavy atom. The minimum absolute atomic E-state index is 0.0517. The molecule has 36 heavy (non-hydrogen) atoms. The summed E-state index contributed by atoms with van der Waals surface area (Å²) < 4.78 is 11.0. The maximum Gasteiger partial charge on any atom is 0.266 e. The Kier molecular flexibility index (Phi) is 8.55. The topological polar surface area (TPSA) is 121 Å². The number of anilines is 2. The number of nitrogens with zero attached hydrogens (tertiary/aromatic N) is 1. The van der Waals surface area contributed by atoms with Gasteiger partial charge < -0.3 is 25.2 Å². The molecule has 3 aromatic rings. The summed E-state index contributed by atoms with van der Waals surface area (Å²) in [4.78, 5) is 24.9. The Hall–Kier alpha value is -4.48. The van der Waals surface area contributed by atoms with Crippen LogP contribution in [0.5, 0.6) is 17.2 Å². The fraction of sp³-hybridized carbons (Fsp3) is 0.148. The van der Waals surface area contributed by atoms with E-state index in [9.17, 15) is 20.0 Å². The van der Waals surface area contributed by atoms with Crippen molar-refractivity contribution >= 4 is 40.9 Å². The number of aromatic hydroxyl groups is 1. The number of rotatable bonds is 8. The Bertz CT molecular complexity index is 1360. The second kappa shape index (κ2) is 11.8. The molecule has 0 aliphatic rings. The van der Waals surface area contributed by atoms with E-state index in [2.05, 4.69) is 10.6 Å². The van der Waals surface area contributed by atoms with Crippen LogP contribution in [0.2, 0.25) is 5.02 Å². The Balaban J connectivity index is 1.74. The van der Waals surface area contributed by atoms with Gasteiger partial charge in [-0.15, -0.1) is 0 Å². The molecule has 0 spiro atoms. The first-order valence-electron chi connectivity index (χ1n) is 10.8. The maximum absolute atomic E-state index is 12.5. The lowest BCUT2D eigenvalue weighted by Gasteiger charge is -2.14. The van der Waals surface area contributed by atoms with Gasteiger partial charge in [0.2, 0.25) is 0 Å². The highest BCUT2D eigenvalue weighted by Crippen LogP contribution is 2.37. The number of hydrogen-bond acceptors (Lipinski definition) is 6. The van der Waals surface area contributed by atoms with E-state index in [1.807, 2.05) is 38.1 Å². The number of methoxy groups -OCH3 is 1. The molecule has 0 unspecified atom stereocenters. The van der Waals surface area contributed by atoms with Crippen molar-refractivity contribution in [3.63, 3.8) is 0 Å². The van der Waals surface area contributed by atoms with Gasteiger partial charge in [0, 0.05) is 11.4 Å². The summed E-state index contributed by atoms with van der Waals surface area (Å²) >= 11 is 6.38. The van der Waals surface area contributed by atoms with Gasteiger partial charge >= 0.3 is 0 Å². The first-order chi connectivity index (χ1) is 17.2. The van der Waals surface area contributed by atoms with Crippen molar-refractivity contribution in [3.05, 3.63) is 81.9 Å². The van der Waals surface area contributed by atoms with E-state index in [4.69, 9.17) is 21.1 Å². The molecule has 0 aliphatic carbocycles. The van der Waals surface area contributed by atoms with Gasteiger partial charge in [0.15, 0.2) is 18.1 Å². The van der Waals surface area contributed by atoms with Crippen molar-refractivity contribution in [2.75, 3.05) is 24.4 Å². The van der Waals surface area contributed by atoms with Crippen LogP contribution in [0.15, 0.2) is 60.2 Å². The van der Waals surface area contributed by atoms with Gasteiger partial charge in [-0.25, -0.2) is 0 Å². The summed E-state index contributed by atoms with van der Waals surface area (Å²) in [6.07, 6.45) is 1.35. The van der Waals surface area contributed by atoms with Crippen LogP contribution >= 0.6 is 11.6 Å². The van der Waals surface area contributed by atoms with E-state index in [1.54, 1.807) is 0 Å². The van der Waals surface area contributed by atoms with Crippen LogP contribution in [0.1, 0.15) is 16.7 Å². The zero-order valence-electron chi connectivity index (χ0n) is 19.9. The largest absolute Gasteiger partial charge is 0.508 e. The average molecular weight is 506 g/mol. The molecule has 0 fully saturated rings. The molecule has 0 radical (unpaired) electrons. The van der Waals surface area contributed by atoms with Gasteiger partial charge in [0.1, 0.15) is 17.4 Å². The fourth-order valence-corrected chi connectivity index (χ4v) is 3.49. The van der Waals surface area contributed by atoms with E-state index in [0.717, 1.165) is 11.1 Å². The third-order valence-corrected chi connectivity index (χ3v) is 5.35. The lowest BCUT2D eigenvalue weighted by Crippen LogP contribution is -2.21. The average Bonchev–Trinajstić information content (AvgIpc) is 2.85. The van der Waals surface area contributed by atoms with E-state index in [-0.39, 0.29) is 40.4 Å². The number of phenolic OH excluding ortho intramolecular Hbond substituents is 1. The summed E-state index contributed by atoms with van der Waals surface area (Å²) in [5.74, 6) is -0.579. The third-order valence-electron chi connectivity index (χ3n) is 5.07. The molecule has 0 heterocycles. The predicted octanol–water partition coefficient (Wildman–Crippen LogP) is 5.23. The second-order valence-corrected chi connectivity index (χ2v) is 8.27. The molecular formula is C27H24ClN3O5. The summed E-state index contributed by atoms with van der Waals surface area (Å²) in [6, 6.07) is 16.5. The minimum Gasteiger partial charge on any atom is -0.508 e. The van der Waals surface area contributed by atoms with Crippen LogP contribution in [-0.4, -0.2) is 30.6 Å². The SMILES string of the molecule is COc1cc(/C=C(\C#N)C(=O)Nc2ccc(O)cc2)cc(Cl)c1OCC(=O)Nc1cc(C)ccc1C. The Labute approximate surface area is 213 Å². The van der Waals surface area contributed by atoms with Crippen molar-refractivity contribution in [1.29, 1.82) is 5.26 Å². The predicted molar refractivity (Wildman–Crippen MR) is 138 cm³/mol. The van der Waals surface area contributed by atoms with Crippen molar-refractivity contribution < 1.29 is 24.2 Å². The van der Waals surface area contributed by atoms with Crippen LogP contribution in [0.3, 0.4) is 0 Å². The summed E-state index contributed by atoms with van der Waals surface area (Å²) in [5, 5.41) is 24.4. The van der Waals surface area contributed by atoms with Gasteiger partial charge in [-0.2, -0.15) is 5.26 Å². The lowest BCUT2D eigenvalue weighted by atomic mass is 10.1. The highest BCUT2D eigenvalue weighted by Gasteiger charge is 2.16. The van der Waals surface area contributed by atoms with Crippen LogP contribution in [-0.2, 0) is 9.59 Å². The highest BCUT2D eigenvalue weighted by molar-refractivity contribution is 6.32. The van der Waals surface area contributed by atoms with Gasteiger partial charge in [-0.05, 0) is 79.1 Å². The fourth-order valence-electron chi connectivity index (χ4n) is 3.22. The van der Waals surface area contributed by atoms with Crippen molar-refractivity contribution in [1.82, 2.24) is 0 Å². The number of amides is 2. The molecule has 0 bridgehead atoms. The van der Waals surface area contributed by atoms with Gasteiger partial charge in [0.05, 0.1) is 12.1 Å². The molecule has 9 heteroatoms. The van der Waals surface area contributed by atoms with Crippen LogP contribution < -0.4 is 20.1 Å². The summed E-state index contributed by atoms with van der Waals surface area (Å²) in [7, 11) is 1.41. The number of aryl methyl sites for hydroxylation is 2. The van der Waals surface area contributed by atoms with Gasteiger partial charge in [-0.1, -0.05) is 23.7 Å². The minimum atomic E-state index is -0.637. The van der Waals surface area contributed by atoms with Crippen molar-refractivity contribution in [2.45, 2.75) is 13.8 Å². The maximum atomic E-state index is 12.5. The third kappa shape index (κ3) is 6.78. The molecule has 0 aromatic heterocycles. The molecule has 2 amide bonds. The van der Waals surface area contributed by atoms with Crippen molar-refractivity contribution in [2.24, 2.45) is 0 Å². The monoisotopic (exact) mass is 505 g/mol. The number of phenols is 1. The molecule has 3 N–H and O–H groups in total. The zero-order valence-corrected chi connectivity index (χ0v) is 20.6. The van der Waals surface area contributed by atoms with Crippen molar-refractivity contribution in [3.8, 4) is 23.3 Å². The van der Waals surface area contributed by atoms with E-state index >= 15 is 0 Å². The number of nitriles is 1. The van der Waals surface area contributed by atoms with Gasteiger partial charge in [0.25, 0.3) is 11.8 Å². The molecular weight excluding hydrogens is 482 g/mol. The number of ether oxygens (including phenoxy) is 2. The molecule has 3 aromatic carbocycles. The second-order valence-electron chi connectivity index (χ2n) is 7.86. The number of carbonyl (C=O) groups is 2. The Morgan fingerprint density at radius 3 is 2.47 bits per heavy atom. The van der Waals surface area contributed by atoms with Crippen LogP contribution in [0.4, 0.5) is 11.4 Å². The normalized spacial score (nSPS) is 10.8. The standard InChI is InChI=1S/C27H24ClN3O5/c1-16-4-5-17(2)23(10-16)31-25(33)15-36-26-22(28)12-18(13-24(26)35-3)11-19(14-29)27(34)30-20-6-8-21(32)9-7-20/h4-13,32H,15H2,1-3H3,(H,30,34)(H,31,33)/b19-11+. The molecule has 0 saturated heterocycles. The molecule has 0 saturated carbocycles. The number of hydrogen-bond donors (Lipinski definition) is 3. The summed E-state index contributed by atoms with van der Waals surface area (Å²) in [5.41, 5.74) is 3.28. The Morgan fingerprint density at radius 1 is 1.08 bits per heavy atom. The molecule has 0 aliphatic heterocycles. The quantitative estimate of drug-likeness (QED) is 0.219. The molecule has 0 atom stereocenters. The molecule has 184 valence electrons. The molecule has 8 nitrogen and oxygen atoms in total. The number of carbonyl (C=O) groups excluding carboxylic acids is 2. The number of benzene rings is 3. The zero-order chi connectivity index (χ0) is 26.2. The first-order valence-corrected chi connectivity index (χ1v) is 11.2. The first kappa shape index (κ1) is 26.1. The molecule has 3 rings (SSSR count). The highest BCUT2D eigenvalue weighted by atomic mass is 35.5. The van der Waals surface area contributed by atoms with Gasteiger partial charge in [-0.3, -0.25) is 9.59 Å².